The van der Waals surface area contributed by atoms with Crippen LogP contribution in [0.4, 0.5) is 5.69 Å². The number of amides is 1. The molecule has 1 aliphatic heterocycles. The first-order chi connectivity index (χ1) is 14.5. The van der Waals surface area contributed by atoms with Gasteiger partial charge in [-0.2, -0.15) is 0 Å². The Morgan fingerprint density at radius 2 is 1.90 bits per heavy atom. The molecule has 0 bridgehead atoms. The van der Waals surface area contributed by atoms with Crippen molar-refractivity contribution in [2.24, 2.45) is 4.99 Å². The molecular weight excluding hydrogens is 416 g/mol. The molecule has 3 rings (SSSR count). The van der Waals surface area contributed by atoms with Gasteiger partial charge in [-0.15, -0.1) is 13.2 Å². The Kier molecular flexibility index (Phi) is 7.03. The molecule has 0 saturated carbocycles. The summed E-state index contributed by atoms with van der Waals surface area (Å²) in [5.74, 6) is -0.219. The van der Waals surface area contributed by atoms with Crippen molar-refractivity contribution in [1.29, 1.82) is 0 Å². The topological polar surface area (TPSA) is 47.9 Å². The number of rotatable bonds is 6. The van der Waals surface area contributed by atoms with E-state index in [-0.39, 0.29) is 5.91 Å². The van der Waals surface area contributed by atoms with Crippen molar-refractivity contribution in [1.82, 2.24) is 10.2 Å². The molecule has 0 fully saturated rings. The molecule has 0 saturated heterocycles. The number of hydrogen-bond donors (Lipinski definition) is 1. The number of anilines is 1. The maximum atomic E-state index is 13.2. The molecular formula is C23H23ClN4OS. The number of benzene rings is 2. The van der Waals surface area contributed by atoms with Crippen LogP contribution >= 0.6 is 23.8 Å². The minimum absolute atomic E-state index is 0.219. The van der Waals surface area contributed by atoms with E-state index < -0.39 is 6.17 Å². The molecule has 2 aromatic rings. The lowest BCUT2D eigenvalue weighted by Gasteiger charge is -2.26. The van der Waals surface area contributed by atoms with E-state index in [4.69, 9.17) is 28.8 Å². The van der Waals surface area contributed by atoms with Crippen molar-refractivity contribution in [3.05, 3.63) is 90.0 Å². The van der Waals surface area contributed by atoms with Crippen LogP contribution in [0.25, 0.3) is 0 Å². The number of carbonyl (C=O) groups is 1. The van der Waals surface area contributed by atoms with Crippen LogP contribution in [0.1, 0.15) is 11.1 Å². The molecule has 2 aromatic carbocycles. The van der Waals surface area contributed by atoms with Crippen LogP contribution in [0.2, 0.25) is 5.02 Å². The number of likely N-dealkylation sites (N-methyl/N-ethyl adjacent to an activating group) is 1. The van der Waals surface area contributed by atoms with Crippen LogP contribution in [-0.4, -0.2) is 47.9 Å². The van der Waals surface area contributed by atoms with Crippen molar-refractivity contribution < 1.29 is 4.79 Å². The third-order valence-electron chi connectivity index (χ3n) is 4.69. The molecule has 0 spiro atoms. The van der Waals surface area contributed by atoms with E-state index in [2.05, 4.69) is 18.5 Å². The number of nitrogens with one attached hydrogen (secondary N) is 1. The van der Waals surface area contributed by atoms with Gasteiger partial charge in [0.25, 0.3) is 5.91 Å². The monoisotopic (exact) mass is 438 g/mol. The molecule has 5 nitrogen and oxygen atoms in total. The largest absolute Gasteiger partial charge is 0.342 e. The van der Waals surface area contributed by atoms with Gasteiger partial charge in [0.2, 0.25) is 6.17 Å². The lowest BCUT2D eigenvalue weighted by Crippen LogP contribution is -2.50. The Morgan fingerprint density at radius 1 is 1.23 bits per heavy atom. The summed E-state index contributed by atoms with van der Waals surface area (Å²) in [6.07, 6.45) is 2.60. The van der Waals surface area contributed by atoms with Crippen molar-refractivity contribution in [3.8, 4) is 0 Å². The first-order valence-electron chi connectivity index (χ1n) is 9.44. The smallest absolute Gasteiger partial charge is 0.272 e. The predicted molar refractivity (Wildman–Crippen MR) is 128 cm³/mol. The molecule has 1 amide bonds. The Bertz CT molecular complexity index is 996. The molecule has 30 heavy (non-hydrogen) atoms. The van der Waals surface area contributed by atoms with E-state index in [9.17, 15) is 4.79 Å². The van der Waals surface area contributed by atoms with Crippen LogP contribution in [0.15, 0.2) is 78.8 Å². The van der Waals surface area contributed by atoms with Gasteiger partial charge in [-0.25, -0.2) is 4.99 Å². The van der Waals surface area contributed by atoms with Crippen LogP contribution in [0.3, 0.4) is 0 Å². The van der Waals surface area contributed by atoms with Crippen molar-refractivity contribution >= 4 is 46.2 Å². The molecule has 1 unspecified atom stereocenters. The quantitative estimate of drug-likeness (QED) is 0.546. The van der Waals surface area contributed by atoms with Gasteiger partial charge < -0.3 is 15.1 Å². The summed E-state index contributed by atoms with van der Waals surface area (Å²) in [6.45, 7) is 8.58. The fourth-order valence-corrected chi connectivity index (χ4v) is 3.66. The van der Waals surface area contributed by atoms with E-state index in [0.29, 0.717) is 28.9 Å². The fraction of sp³-hybridized carbons (Fsp3) is 0.174. The Balaban J connectivity index is 2.07. The van der Waals surface area contributed by atoms with E-state index in [1.165, 1.54) is 0 Å². The summed E-state index contributed by atoms with van der Waals surface area (Å²) in [5, 5.41) is 4.08. The molecule has 0 aliphatic carbocycles. The number of halogens is 1. The average molecular weight is 439 g/mol. The molecule has 0 aromatic heterocycles. The summed E-state index contributed by atoms with van der Waals surface area (Å²) in [5.41, 5.74) is 3.08. The predicted octanol–water partition coefficient (Wildman–Crippen LogP) is 4.03. The summed E-state index contributed by atoms with van der Waals surface area (Å²) in [6, 6.07) is 15.1. The number of fused-ring (bicyclic) bond motifs is 1. The zero-order valence-electron chi connectivity index (χ0n) is 16.7. The van der Waals surface area contributed by atoms with Crippen molar-refractivity contribution in [2.75, 3.05) is 25.0 Å². The summed E-state index contributed by atoms with van der Waals surface area (Å²) >= 11 is 11.8. The first-order valence-corrected chi connectivity index (χ1v) is 10.2. The maximum Gasteiger partial charge on any atom is 0.272 e. The van der Waals surface area contributed by atoms with Gasteiger partial charge in [0.1, 0.15) is 0 Å². The molecule has 1 atom stereocenters. The first kappa shape index (κ1) is 21.7. The van der Waals surface area contributed by atoms with Gasteiger partial charge in [-0.1, -0.05) is 54.1 Å². The van der Waals surface area contributed by atoms with Gasteiger partial charge in [-0.05, 0) is 30.4 Å². The Hall–Kier alpha value is -2.96. The van der Waals surface area contributed by atoms with Gasteiger partial charge in [0, 0.05) is 36.3 Å². The van der Waals surface area contributed by atoms with Crippen molar-refractivity contribution in [2.45, 2.75) is 6.17 Å². The number of nitrogens with zero attached hydrogens (tertiary/aromatic N) is 3. The van der Waals surface area contributed by atoms with Crippen LogP contribution < -0.4 is 10.2 Å². The number of carbonyl (C=O) groups excluding carboxylic acids is 1. The Labute approximate surface area is 187 Å². The van der Waals surface area contributed by atoms with E-state index in [0.717, 1.165) is 16.8 Å². The fourth-order valence-electron chi connectivity index (χ4n) is 3.23. The van der Waals surface area contributed by atoms with Crippen LogP contribution in [-0.2, 0) is 4.79 Å². The minimum Gasteiger partial charge on any atom is -0.342 e. The molecule has 154 valence electrons. The van der Waals surface area contributed by atoms with Gasteiger partial charge in [0.15, 0.2) is 5.11 Å². The highest BCUT2D eigenvalue weighted by atomic mass is 35.5. The molecule has 7 heteroatoms. The van der Waals surface area contributed by atoms with E-state index in [1.807, 2.05) is 47.4 Å². The second-order valence-corrected chi connectivity index (χ2v) is 7.56. The van der Waals surface area contributed by atoms with E-state index in [1.54, 1.807) is 30.2 Å². The van der Waals surface area contributed by atoms with Crippen LogP contribution in [0.5, 0.6) is 0 Å². The normalized spacial score (nSPS) is 15.5. The molecule has 1 heterocycles. The van der Waals surface area contributed by atoms with Gasteiger partial charge in [-0.3, -0.25) is 4.79 Å². The lowest BCUT2D eigenvalue weighted by atomic mass is 10.0. The number of aliphatic imine (C=N–C) groups is 1. The Morgan fingerprint density at radius 3 is 2.53 bits per heavy atom. The van der Waals surface area contributed by atoms with Crippen LogP contribution in [0, 0.1) is 0 Å². The average Bonchev–Trinajstić information content (AvgIpc) is 2.84. The summed E-state index contributed by atoms with van der Waals surface area (Å²) in [7, 11) is 1.72. The molecule has 1 aliphatic rings. The van der Waals surface area contributed by atoms with E-state index >= 15 is 0 Å². The van der Waals surface area contributed by atoms with Crippen molar-refractivity contribution in [3.63, 3.8) is 0 Å². The number of benzodiazepines with no additional fused rings is 1. The zero-order chi connectivity index (χ0) is 21.7. The second-order valence-electron chi connectivity index (χ2n) is 6.74. The zero-order valence-corrected chi connectivity index (χ0v) is 18.3. The summed E-state index contributed by atoms with van der Waals surface area (Å²) < 4.78 is 0. The lowest BCUT2D eigenvalue weighted by molar-refractivity contribution is -0.119. The second kappa shape index (κ2) is 9.69. The minimum atomic E-state index is -0.888. The number of hydrogen-bond acceptors (Lipinski definition) is 3. The SMILES string of the molecule is C=CCN(CC=C)C(=S)NC1N=C(c2ccccc2)c2cc(Cl)ccc2N(C)C1=O. The third-order valence-corrected chi connectivity index (χ3v) is 5.30. The standard InChI is InChI=1S/C23H23ClN4OS/c1-4-13-28(14-5-2)23(30)26-21-22(29)27(3)19-12-11-17(24)15-18(19)20(25-21)16-9-7-6-8-10-16/h4-12,15,21H,1-2,13-14H2,3H3,(H,26,30). The molecule has 0 radical (unpaired) electrons. The highest BCUT2D eigenvalue weighted by Crippen LogP contribution is 2.29. The molecule has 1 N–H and O–H groups in total. The maximum absolute atomic E-state index is 13.2. The third kappa shape index (κ3) is 4.61. The van der Waals surface area contributed by atoms with Gasteiger partial charge >= 0.3 is 0 Å². The number of thiocarbonyl (C=S) groups is 1. The highest BCUT2D eigenvalue weighted by molar-refractivity contribution is 7.80. The summed E-state index contributed by atoms with van der Waals surface area (Å²) in [4.78, 5) is 21.5. The highest BCUT2D eigenvalue weighted by Gasteiger charge is 2.31. The van der Waals surface area contributed by atoms with Gasteiger partial charge in [0.05, 0.1) is 11.4 Å².